The van der Waals surface area contributed by atoms with Crippen molar-refractivity contribution in [1.29, 1.82) is 0 Å². The molecule has 0 fully saturated rings. The number of methoxy groups -OCH3 is 1. The molecule has 0 aliphatic rings. The lowest BCUT2D eigenvalue weighted by molar-refractivity contribution is 0.204. The van der Waals surface area contributed by atoms with E-state index < -0.39 is 15.9 Å². The number of hydrogen-bond donors (Lipinski definition) is 1. The van der Waals surface area contributed by atoms with Crippen LogP contribution in [0.4, 0.5) is 16.2 Å². The maximum Gasteiger partial charge on any atom is 0.416 e. The summed E-state index contributed by atoms with van der Waals surface area (Å²) in [7, 11) is -1.87. The van der Waals surface area contributed by atoms with Crippen LogP contribution in [0.15, 0.2) is 53.4 Å². The minimum atomic E-state index is -3.33. The summed E-state index contributed by atoms with van der Waals surface area (Å²) in [5.74, 6) is 0.391. The molecule has 0 aromatic heterocycles. The van der Waals surface area contributed by atoms with Crippen LogP contribution in [0.3, 0.4) is 0 Å². The van der Waals surface area contributed by atoms with E-state index in [0.29, 0.717) is 17.1 Å². The van der Waals surface area contributed by atoms with E-state index in [0.717, 1.165) is 4.90 Å². The zero-order chi connectivity index (χ0) is 17.0. The average molecular weight is 335 g/mol. The smallest absolute Gasteiger partial charge is 0.416 e. The zero-order valence-corrected chi connectivity index (χ0v) is 13.6. The fraction of sp³-hybridized carbons (Fsp3) is 0.188. The first-order valence-corrected chi connectivity index (χ1v) is 8.55. The molecule has 2 aromatic rings. The summed E-state index contributed by atoms with van der Waals surface area (Å²) < 4.78 is 28.9. The van der Waals surface area contributed by atoms with Gasteiger partial charge in [0.25, 0.3) is 0 Å². The van der Waals surface area contributed by atoms with E-state index in [1.165, 1.54) is 31.4 Å². The van der Waals surface area contributed by atoms with E-state index in [-0.39, 0.29) is 10.6 Å². The highest BCUT2D eigenvalue weighted by atomic mass is 32.2. The number of amides is 1. The molecule has 0 atom stereocenters. The second-order valence-corrected chi connectivity index (χ2v) is 6.97. The Morgan fingerprint density at radius 2 is 1.74 bits per heavy atom. The van der Waals surface area contributed by atoms with Crippen molar-refractivity contribution in [2.24, 2.45) is 0 Å². The lowest BCUT2D eigenvalue weighted by Crippen LogP contribution is -2.24. The number of nitrogens with zero attached hydrogens (tertiary/aromatic N) is 1. The van der Waals surface area contributed by atoms with E-state index in [4.69, 9.17) is 4.74 Å². The summed E-state index contributed by atoms with van der Waals surface area (Å²) in [6.45, 7) is 1.56. The molecule has 0 spiro atoms. The van der Waals surface area contributed by atoms with Crippen molar-refractivity contribution in [1.82, 2.24) is 0 Å². The Morgan fingerprint density at radius 1 is 1.13 bits per heavy atom. The Kier molecular flexibility index (Phi) is 4.90. The molecule has 23 heavy (non-hydrogen) atoms. The fourth-order valence-corrected chi connectivity index (χ4v) is 3.02. The number of carbonyl (C=O) groups is 1. The molecular formula is C16H17NO5S. The van der Waals surface area contributed by atoms with Crippen LogP contribution < -0.4 is 9.64 Å². The Balaban J connectivity index is 2.49. The number of rotatable bonds is 5. The highest BCUT2D eigenvalue weighted by Gasteiger charge is 2.21. The summed E-state index contributed by atoms with van der Waals surface area (Å²) in [4.78, 5) is 12.9. The van der Waals surface area contributed by atoms with Crippen LogP contribution in [0.2, 0.25) is 0 Å². The van der Waals surface area contributed by atoms with Crippen LogP contribution in [-0.4, -0.2) is 32.5 Å². The molecule has 0 bridgehead atoms. The number of benzene rings is 2. The van der Waals surface area contributed by atoms with Crippen LogP contribution in [-0.2, 0) is 9.84 Å². The van der Waals surface area contributed by atoms with Gasteiger partial charge in [0.1, 0.15) is 5.75 Å². The highest BCUT2D eigenvalue weighted by Crippen LogP contribution is 2.34. The van der Waals surface area contributed by atoms with E-state index in [2.05, 4.69) is 0 Å². The van der Waals surface area contributed by atoms with Crippen molar-refractivity contribution in [2.45, 2.75) is 11.8 Å². The quantitative estimate of drug-likeness (QED) is 0.906. The van der Waals surface area contributed by atoms with E-state index in [9.17, 15) is 18.3 Å². The van der Waals surface area contributed by atoms with Crippen LogP contribution >= 0.6 is 0 Å². The van der Waals surface area contributed by atoms with Crippen molar-refractivity contribution >= 4 is 27.3 Å². The second kappa shape index (κ2) is 6.70. The van der Waals surface area contributed by atoms with E-state index in [1.54, 1.807) is 31.2 Å². The van der Waals surface area contributed by atoms with Gasteiger partial charge in [0, 0.05) is 0 Å². The third-order valence-electron chi connectivity index (χ3n) is 3.35. The SMILES string of the molecule is CCS(=O)(=O)c1ccc(N(C(=O)O)c2ccccc2OC)cc1. The molecule has 0 unspecified atom stereocenters. The van der Waals surface area contributed by atoms with Crippen LogP contribution in [0.5, 0.6) is 5.75 Å². The number of ether oxygens (including phenoxy) is 1. The standard InChI is InChI=1S/C16H17NO5S/c1-3-23(20,21)13-10-8-12(9-11-13)17(16(18)19)14-6-4-5-7-15(14)22-2/h4-11H,3H2,1-2H3,(H,18,19). The molecule has 0 saturated heterocycles. The molecule has 122 valence electrons. The molecule has 1 N–H and O–H groups in total. The van der Waals surface area contributed by atoms with Gasteiger partial charge in [-0.05, 0) is 36.4 Å². The molecule has 0 aliphatic carbocycles. The van der Waals surface area contributed by atoms with E-state index in [1.807, 2.05) is 0 Å². The molecule has 0 saturated carbocycles. The number of hydrogen-bond acceptors (Lipinski definition) is 4. The predicted molar refractivity (Wildman–Crippen MR) is 87.3 cm³/mol. The van der Waals surface area contributed by atoms with Crippen LogP contribution in [0.1, 0.15) is 6.92 Å². The molecular weight excluding hydrogens is 318 g/mol. The van der Waals surface area contributed by atoms with Gasteiger partial charge in [-0.25, -0.2) is 18.1 Å². The van der Waals surface area contributed by atoms with Crippen molar-refractivity contribution in [3.63, 3.8) is 0 Å². The lowest BCUT2D eigenvalue weighted by Gasteiger charge is -2.21. The number of carboxylic acid groups (broad SMARTS) is 1. The fourth-order valence-electron chi connectivity index (χ4n) is 2.14. The first kappa shape index (κ1) is 16.8. The summed E-state index contributed by atoms with van der Waals surface area (Å²) in [6, 6.07) is 12.4. The number of para-hydroxylation sites is 2. The Hall–Kier alpha value is -2.54. The summed E-state index contributed by atoms with van der Waals surface area (Å²) in [6.07, 6.45) is -1.19. The van der Waals surface area contributed by atoms with Gasteiger partial charge in [-0.3, -0.25) is 0 Å². The minimum absolute atomic E-state index is 0.0124. The Bertz CT molecular complexity index is 799. The van der Waals surface area contributed by atoms with Gasteiger partial charge in [0.05, 0.1) is 29.1 Å². The Labute approximate surface area is 134 Å². The third-order valence-corrected chi connectivity index (χ3v) is 5.10. The molecule has 0 aliphatic heterocycles. The summed E-state index contributed by atoms with van der Waals surface area (Å²) in [5, 5.41) is 9.53. The highest BCUT2D eigenvalue weighted by molar-refractivity contribution is 7.91. The van der Waals surface area contributed by atoms with Gasteiger partial charge in [0.15, 0.2) is 9.84 Å². The van der Waals surface area contributed by atoms with Gasteiger partial charge in [-0.15, -0.1) is 0 Å². The monoisotopic (exact) mass is 335 g/mol. The number of anilines is 2. The van der Waals surface area contributed by atoms with Gasteiger partial charge in [0.2, 0.25) is 0 Å². The molecule has 2 rings (SSSR count). The number of sulfone groups is 1. The molecule has 0 radical (unpaired) electrons. The predicted octanol–water partition coefficient (Wildman–Crippen LogP) is 3.30. The van der Waals surface area contributed by atoms with Crippen molar-refractivity contribution in [3.8, 4) is 5.75 Å². The molecule has 7 heteroatoms. The molecule has 0 heterocycles. The maximum atomic E-state index is 11.8. The van der Waals surface area contributed by atoms with Crippen molar-refractivity contribution in [3.05, 3.63) is 48.5 Å². The van der Waals surface area contributed by atoms with Gasteiger partial charge < -0.3 is 9.84 Å². The summed E-state index contributed by atoms with van der Waals surface area (Å²) in [5.41, 5.74) is 0.686. The van der Waals surface area contributed by atoms with Gasteiger partial charge in [-0.2, -0.15) is 0 Å². The van der Waals surface area contributed by atoms with Crippen molar-refractivity contribution < 1.29 is 23.1 Å². The third kappa shape index (κ3) is 3.45. The van der Waals surface area contributed by atoms with Crippen molar-refractivity contribution in [2.75, 3.05) is 17.8 Å². The maximum absolute atomic E-state index is 11.8. The first-order valence-electron chi connectivity index (χ1n) is 6.89. The van der Waals surface area contributed by atoms with Crippen LogP contribution in [0, 0.1) is 0 Å². The zero-order valence-electron chi connectivity index (χ0n) is 12.8. The minimum Gasteiger partial charge on any atom is -0.495 e. The van der Waals surface area contributed by atoms with E-state index >= 15 is 0 Å². The molecule has 2 aromatic carbocycles. The van der Waals surface area contributed by atoms with Crippen LogP contribution in [0.25, 0.3) is 0 Å². The average Bonchev–Trinajstić information content (AvgIpc) is 2.55. The molecule has 1 amide bonds. The van der Waals surface area contributed by atoms with Gasteiger partial charge in [-0.1, -0.05) is 19.1 Å². The first-order chi connectivity index (χ1) is 10.9. The largest absolute Gasteiger partial charge is 0.495 e. The lowest BCUT2D eigenvalue weighted by atomic mass is 10.2. The topological polar surface area (TPSA) is 83.9 Å². The molecule has 6 nitrogen and oxygen atoms in total. The summed E-state index contributed by atoms with van der Waals surface area (Å²) >= 11 is 0. The van der Waals surface area contributed by atoms with Gasteiger partial charge >= 0.3 is 6.09 Å². The second-order valence-electron chi connectivity index (χ2n) is 4.69. The normalized spacial score (nSPS) is 11.0. The Morgan fingerprint density at radius 3 is 2.26 bits per heavy atom.